The van der Waals surface area contributed by atoms with Crippen molar-refractivity contribution in [3.8, 4) is 11.3 Å². The average Bonchev–Trinajstić information content (AvgIpc) is 2.74. The van der Waals surface area contributed by atoms with Crippen LogP contribution in [0.25, 0.3) is 22.2 Å². The number of carbonyl (C=O) groups excluding carboxylic acids is 1. The molecule has 0 aliphatic heterocycles. The Hall–Kier alpha value is -2.59. The zero-order chi connectivity index (χ0) is 20.4. The van der Waals surface area contributed by atoms with Crippen molar-refractivity contribution >= 4 is 51.6 Å². The maximum atomic E-state index is 13.0. The summed E-state index contributed by atoms with van der Waals surface area (Å²) in [7, 11) is 0. The third kappa shape index (κ3) is 4.23. The fourth-order valence-corrected chi connectivity index (χ4v) is 3.65. The lowest BCUT2D eigenvalue weighted by atomic mass is 10.0. The van der Waals surface area contributed by atoms with Gasteiger partial charge in [0.25, 0.3) is 5.91 Å². The molecular weight excluding hydrogens is 427 g/mol. The summed E-state index contributed by atoms with van der Waals surface area (Å²) in [5.41, 5.74) is 3.54. The van der Waals surface area contributed by atoms with Gasteiger partial charge in [0.1, 0.15) is 0 Å². The van der Waals surface area contributed by atoms with Gasteiger partial charge in [-0.25, -0.2) is 4.98 Å². The van der Waals surface area contributed by atoms with Gasteiger partial charge < -0.3 is 5.32 Å². The van der Waals surface area contributed by atoms with Crippen LogP contribution in [0.4, 0.5) is 0 Å². The summed E-state index contributed by atoms with van der Waals surface area (Å²) in [6, 6.07) is 22.0. The zero-order valence-electron chi connectivity index (χ0n) is 15.1. The number of pyridine rings is 1. The fourth-order valence-electron chi connectivity index (χ4n) is 3.10. The van der Waals surface area contributed by atoms with E-state index in [1.54, 1.807) is 24.3 Å². The van der Waals surface area contributed by atoms with Gasteiger partial charge in [0.15, 0.2) is 0 Å². The standard InChI is InChI=1S/C23H15Cl3N2O/c24-18-7-3-1-6-16(18)22-12-17(15-5-2-4-8-21(15)28-22)23(29)27-13-14-9-10-19(25)20(26)11-14/h1-12H,13H2,(H,27,29). The molecule has 0 bridgehead atoms. The average molecular weight is 442 g/mol. The molecule has 0 spiro atoms. The minimum atomic E-state index is -0.206. The Bertz CT molecular complexity index is 1220. The number of aromatic nitrogens is 1. The maximum absolute atomic E-state index is 13.0. The lowest BCUT2D eigenvalue weighted by molar-refractivity contribution is 0.0952. The Morgan fingerprint density at radius 1 is 0.828 bits per heavy atom. The molecule has 3 aromatic carbocycles. The van der Waals surface area contributed by atoms with Crippen molar-refractivity contribution in [1.29, 1.82) is 0 Å². The molecule has 4 aromatic rings. The molecule has 0 atom stereocenters. The van der Waals surface area contributed by atoms with Crippen molar-refractivity contribution < 1.29 is 4.79 Å². The highest BCUT2D eigenvalue weighted by molar-refractivity contribution is 6.42. The molecule has 0 saturated carbocycles. The van der Waals surface area contributed by atoms with E-state index in [2.05, 4.69) is 5.32 Å². The summed E-state index contributed by atoms with van der Waals surface area (Å²) in [6.07, 6.45) is 0. The summed E-state index contributed by atoms with van der Waals surface area (Å²) in [4.78, 5) is 17.7. The first-order chi connectivity index (χ1) is 14.0. The second-order valence-electron chi connectivity index (χ2n) is 6.48. The van der Waals surface area contributed by atoms with Gasteiger partial charge in [0, 0.05) is 22.5 Å². The molecule has 144 valence electrons. The molecule has 0 saturated heterocycles. The predicted octanol–water partition coefficient (Wildman–Crippen LogP) is 6.79. The first-order valence-corrected chi connectivity index (χ1v) is 10.0. The molecule has 29 heavy (non-hydrogen) atoms. The number of carbonyl (C=O) groups is 1. The molecule has 6 heteroatoms. The highest BCUT2D eigenvalue weighted by Crippen LogP contribution is 2.30. The van der Waals surface area contributed by atoms with E-state index in [4.69, 9.17) is 39.8 Å². The number of fused-ring (bicyclic) bond motifs is 1. The number of amides is 1. The van der Waals surface area contributed by atoms with Crippen molar-refractivity contribution in [2.24, 2.45) is 0 Å². The monoisotopic (exact) mass is 440 g/mol. The zero-order valence-corrected chi connectivity index (χ0v) is 17.4. The van der Waals surface area contributed by atoms with Crippen molar-refractivity contribution in [2.75, 3.05) is 0 Å². The van der Waals surface area contributed by atoms with Gasteiger partial charge in [-0.2, -0.15) is 0 Å². The second kappa shape index (κ2) is 8.42. The summed E-state index contributed by atoms with van der Waals surface area (Å²) < 4.78 is 0. The van der Waals surface area contributed by atoms with Crippen molar-refractivity contribution in [3.05, 3.63) is 99.0 Å². The van der Waals surface area contributed by atoms with Crippen LogP contribution < -0.4 is 5.32 Å². The van der Waals surface area contributed by atoms with Crippen molar-refractivity contribution in [2.45, 2.75) is 6.54 Å². The van der Waals surface area contributed by atoms with E-state index in [1.165, 1.54) is 0 Å². The van der Waals surface area contributed by atoms with Crippen LogP contribution in [0, 0.1) is 0 Å². The molecule has 1 heterocycles. The number of benzene rings is 3. The summed E-state index contributed by atoms with van der Waals surface area (Å²) in [6.45, 7) is 0.327. The lowest BCUT2D eigenvalue weighted by Gasteiger charge is -2.12. The van der Waals surface area contributed by atoms with Gasteiger partial charge >= 0.3 is 0 Å². The summed E-state index contributed by atoms with van der Waals surface area (Å²) >= 11 is 18.4. The number of hydrogen-bond donors (Lipinski definition) is 1. The quantitative estimate of drug-likeness (QED) is 0.379. The normalized spacial score (nSPS) is 10.9. The molecular formula is C23H15Cl3N2O. The molecule has 0 aliphatic rings. The first-order valence-electron chi connectivity index (χ1n) is 8.90. The summed E-state index contributed by atoms with van der Waals surface area (Å²) in [5.74, 6) is -0.206. The van der Waals surface area contributed by atoms with E-state index in [0.717, 1.165) is 22.0 Å². The van der Waals surface area contributed by atoms with Crippen LogP contribution in [0.15, 0.2) is 72.8 Å². The molecule has 0 aliphatic carbocycles. The number of para-hydroxylation sites is 1. The van der Waals surface area contributed by atoms with Crippen LogP contribution in [-0.4, -0.2) is 10.9 Å². The van der Waals surface area contributed by atoms with Gasteiger partial charge in [0.2, 0.25) is 0 Å². The number of rotatable bonds is 4. The number of halogens is 3. The largest absolute Gasteiger partial charge is 0.348 e. The van der Waals surface area contributed by atoms with E-state index in [9.17, 15) is 4.79 Å². The van der Waals surface area contributed by atoms with Crippen LogP contribution in [0.3, 0.4) is 0 Å². The third-order valence-corrected chi connectivity index (χ3v) is 5.62. The van der Waals surface area contributed by atoms with Gasteiger partial charge in [-0.05, 0) is 35.9 Å². The van der Waals surface area contributed by atoms with Gasteiger partial charge in [-0.3, -0.25) is 4.79 Å². The van der Waals surface area contributed by atoms with Gasteiger partial charge in [-0.1, -0.05) is 77.3 Å². The Morgan fingerprint density at radius 3 is 2.38 bits per heavy atom. The highest BCUT2D eigenvalue weighted by Gasteiger charge is 2.15. The van der Waals surface area contributed by atoms with Gasteiger partial charge in [0.05, 0.1) is 26.8 Å². The van der Waals surface area contributed by atoms with Crippen molar-refractivity contribution in [3.63, 3.8) is 0 Å². The summed E-state index contributed by atoms with van der Waals surface area (Å²) in [5, 5.41) is 5.23. The molecule has 1 N–H and O–H groups in total. The van der Waals surface area contributed by atoms with E-state index in [0.29, 0.717) is 32.9 Å². The Labute approximate surface area is 183 Å². The Morgan fingerprint density at radius 2 is 1.59 bits per heavy atom. The lowest BCUT2D eigenvalue weighted by Crippen LogP contribution is -2.23. The molecule has 0 unspecified atom stereocenters. The van der Waals surface area contributed by atoms with Crippen LogP contribution in [0.2, 0.25) is 15.1 Å². The predicted molar refractivity (Wildman–Crippen MR) is 120 cm³/mol. The third-order valence-electron chi connectivity index (χ3n) is 4.55. The minimum Gasteiger partial charge on any atom is -0.348 e. The molecule has 1 amide bonds. The van der Waals surface area contributed by atoms with E-state index >= 15 is 0 Å². The van der Waals surface area contributed by atoms with E-state index in [1.807, 2.05) is 48.5 Å². The van der Waals surface area contributed by atoms with Crippen molar-refractivity contribution in [1.82, 2.24) is 10.3 Å². The van der Waals surface area contributed by atoms with Gasteiger partial charge in [-0.15, -0.1) is 0 Å². The molecule has 0 fully saturated rings. The molecule has 4 rings (SSSR count). The van der Waals surface area contributed by atoms with Crippen LogP contribution in [-0.2, 0) is 6.54 Å². The SMILES string of the molecule is O=C(NCc1ccc(Cl)c(Cl)c1)c1cc(-c2ccccc2Cl)nc2ccccc12. The van der Waals surface area contributed by atoms with Crippen LogP contribution in [0.5, 0.6) is 0 Å². The Kier molecular flexibility index (Phi) is 5.72. The van der Waals surface area contributed by atoms with Crippen LogP contribution >= 0.6 is 34.8 Å². The molecule has 1 aromatic heterocycles. The first kappa shape index (κ1) is 19.7. The second-order valence-corrected chi connectivity index (χ2v) is 7.70. The topological polar surface area (TPSA) is 42.0 Å². The highest BCUT2D eigenvalue weighted by atomic mass is 35.5. The number of nitrogens with zero attached hydrogens (tertiary/aromatic N) is 1. The smallest absolute Gasteiger partial charge is 0.252 e. The van der Waals surface area contributed by atoms with Crippen LogP contribution in [0.1, 0.15) is 15.9 Å². The maximum Gasteiger partial charge on any atom is 0.252 e. The number of nitrogens with one attached hydrogen (secondary N) is 1. The molecule has 3 nitrogen and oxygen atoms in total. The molecule has 0 radical (unpaired) electrons. The minimum absolute atomic E-state index is 0.206. The van der Waals surface area contributed by atoms with E-state index < -0.39 is 0 Å². The van der Waals surface area contributed by atoms with E-state index in [-0.39, 0.29) is 5.91 Å². The number of hydrogen-bond acceptors (Lipinski definition) is 2. The Balaban J connectivity index is 1.70. The fraction of sp³-hybridized carbons (Fsp3) is 0.0435.